The first-order valence-electron chi connectivity index (χ1n) is 4.93. The average molecular weight is 186 g/mol. The van der Waals surface area contributed by atoms with Gasteiger partial charge in [-0.2, -0.15) is 0 Å². The quantitative estimate of drug-likeness (QED) is 0.675. The van der Waals surface area contributed by atoms with E-state index in [0.29, 0.717) is 0 Å². The third-order valence-corrected chi connectivity index (χ3v) is 3.00. The van der Waals surface area contributed by atoms with Crippen LogP contribution in [0.3, 0.4) is 0 Å². The predicted molar refractivity (Wildman–Crippen MR) is 51.4 cm³/mol. The highest BCUT2D eigenvalue weighted by atomic mass is 16.4. The molecule has 1 fully saturated rings. The van der Waals surface area contributed by atoms with Gasteiger partial charge < -0.3 is 9.59 Å². The molecule has 3 nitrogen and oxygen atoms in total. The van der Waals surface area contributed by atoms with Crippen molar-refractivity contribution in [3.63, 3.8) is 0 Å². The molecule has 0 radical (unpaired) electrons. The van der Waals surface area contributed by atoms with E-state index >= 15 is 0 Å². The highest BCUT2D eigenvalue weighted by Gasteiger charge is 2.38. The zero-order valence-corrected chi connectivity index (χ0v) is 8.84. The van der Waals surface area contributed by atoms with E-state index in [1.807, 2.05) is 13.8 Å². The molecule has 0 saturated carbocycles. The predicted octanol–water partition coefficient (Wildman–Crippen LogP) is 1.34. The summed E-state index contributed by atoms with van der Waals surface area (Å²) in [4.78, 5) is 10.9. The summed E-state index contributed by atoms with van der Waals surface area (Å²) in [5.41, 5.74) is -0.584. The number of hydrogen-bond acceptors (Lipinski definition) is 1. The Labute approximate surface area is 79.9 Å². The van der Waals surface area contributed by atoms with Gasteiger partial charge in [-0.3, -0.25) is 4.79 Å². The topological polar surface area (TPSA) is 37.3 Å². The normalized spacial score (nSPS) is 21.8. The second-order valence-corrected chi connectivity index (χ2v) is 5.12. The lowest BCUT2D eigenvalue weighted by Crippen LogP contribution is -2.49. The Hall–Kier alpha value is -0.570. The van der Waals surface area contributed by atoms with Gasteiger partial charge in [0, 0.05) is 12.8 Å². The van der Waals surface area contributed by atoms with Gasteiger partial charge in [0.1, 0.15) is 5.41 Å². The fraction of sp³-hybridized carbons (Fsp3) is 0.900. The van der Waals surface area contributed by atoms with Crippen molar-refractivity contribution >= 4 is 5.97 Å². The van der Waals surface area contributed by atoms with Gasteiger partial charge in [-0.05, 0) is 13.8 Å². The van der Waals surface area contributed by atoms with E-state index in [2.05, 4.69) is 7.05 Å². The van der Waals surface area contributed by atoms with Gasteiger partial charge in [-0.1, -0.05) is 0 Å². The Bertz CT molecular complexity index is 205. The largest absolute Gasteiger partial charge is 0.481 e. The van der Waals surface area contributed by atoms with Gasteiger partial charge in [0.05, 0.1) is 26.7 Å². The molecule has 1 saturated heterocycles. The Morgan fingerprint density at radius 1 is 1.38 bits per heavy atom. The van der Waals surface area contributed by atoms with Crippen molar-refractivity contribution in [1.29, 1.82) is 0 Å². The molecule has 1 aliphatic heterocycles. The van der Waals surface area contributed by atoms with Crippen LogP contribution >= 0.6 is 0 Å². The number of nitrogens with zero attached hydrogens (tertiary/aromatic N) is 1. The van der Waals surface area contributed by atoms with E-state index in [9.17, 15) is 4.79 Å². The van der Waals surface area contributed by atoms with Crippen molar-refractivity contribution in [2.75, 3.05) is 26.7 Å². The molecule has 0 aliphatic carbocycles. The Kier molecular flexibility index (Phi) is 2.66. The minimum Gasteiger partial charge on any atom is -0.481 e. The van der Waals surface area contributed by atoms with Gasteiger partial charge in [0.15, 0.2) is 0 Å². The van der Waals surface area contributed by atoms with Crippen LogP contribution in [-0.4, -0.2) is 42.2 Å². The molecule has 0 bridgehead atoms. The lowest BCUT2D eigenvalue weighted by molar-refractivity contribution is -0.902. The Morgan fingerprint density at radius 2 is 1.85 bits per heavy atom. The summed E-state index contributed by atoms with van der Waals surface area (Å²) in [5, 5.41) is 9.01. The number of carbonyl (C=O) groups is 1. The molecule has 0 atom stereocenters. The van der Waals surface area contributed by atoms with Crippen molar-refractivity contribution < 1.29 is 14.4 Å². The Balaban J connectivity index is 2.61. The number of carboxylic acid groups (broad SMARTS) is 1. The van der Waals surface area contributed by atoms with Gasteiger partial charge >= 0.3 is 5.97 Å². The minimum atomic E-state index is -0.682. The van der Waals surface area contributed by atoms with E-state index in [0.717, 1.165) is 24.1 Å². The molecule has 0 aromatic rings. The maximum atomic E-state index is 10.9. The summed E-state index contributed by atoms with van der Waals surface area (Å²) >= 11 is 0. The van der Waals surface area contributed by atoms with Crippen LogP contribution in [0.4, 0.5) is 0 Å². The van der Waals surface area contributed by atoms with Crippen LogP contribution < -0.4 is 0 Å². The Morgan fingerprint density at radius 3 is 2.23 bits per heavy atom. The molecular formula is C10H20NO2+. The zero-order chi connectivity index (χ0) is 10.1. The lowest BCUT2D eigenvalue weighted by Gasteiger charge is -2.35. The summed E-state index contributed by atoms with van der Waals surface area (Å²) in [5.74, 6) is -0.682. The summed E-state index contributed by atoms with van der Waals surface area (Å²) in [7, 11) is 2.16. The standard InChI is InChI=1S/C10H19NO2/c1-10(2,9(12)13)8-11(3)6-4-5-7-11/h4-8H2,1-3H3/p+1. The number of hydrogen-bond donors (Lipinski definition) is 1. The third kappa shape index (κ3) is 2.44. The molecule has 1 N–H and O–H groups in total. The minimum absolute atomic E-state index is 0.584. The molecule has 0 amide bonds. The van der Waals surface area contributed by atoms with Gasteiger partial charge in [-0.25, -0.2) is 0 Å². The fourth-order valence-electron chi connectivity index (χ4n) is 2.28. The van der Waals surface area contributed by atoms with E-state index in [4.69, 9.17) is 5.11 Å². The molecule has 0 aromatic heterocycles. The molecule has 76 valence electrons. The first-order valence-corrected chi connectivity index (χ1v) is 4.93. The molecular weight excluding hydrogens is 166 g/mol. The second kappa shape index (κ2) is 3.29. The number of quaternary nitrogens is 1. The summed E-state index contributed by atoms with van der Waals surface area (Å²) in [6.07, 6.45) is 2.48. The van der Waals surface area contributed by atoms with Crippen LogP contribution in [0.5, 0.6) is 0 Å². The highest BCUT2D eigenvalue weighted by molar-refractivity contribution is 5.73. The smallest absolute Gasteiger partial charge is 0.314 e. The highest BCUT2D eigenvalue weighted by Crippen LogP contribution is 2.25. The number of aliphatic carboxylic acids is 1. The second-order valence-electron chi connectivity index (χ2n) is 5.12. The molecule has 1 rings (SSSR count). The van der Waals surface area contributed by atoms with Crippen molar-refractivity contribution in [2.24, 2.45) is 5.41 Å². The molecule has 0 unspecified atom stereocenters. The van der Waals surface area contributed by atoms with Crippen LogP contribution in [0.2, 0.25) is 0 Å². The molecule has 1 aliphatic rings. The van der Waals surface area contributed by atoms with Crippen LogP contribution in [-0.2, 0) is 4.79 Å². The summed E-state index contributed by atoms with van der Waals surface area (Å²) in [6.45, 7) is 6.66. The van der Waals surface area contributed by atoms with Crippen molar-refractivity contribution in [1.82, 2.24) is 0 Å². The van der Waals surface area contributed by atoms with Crippen molar-refractivity contribution in [2.45, 2.75) is 26.7 Å². The van der Waals surface area contributed by atoms with E-state index in [1.54, 1.807) is 0 Å². The van der Waals surface area contributed by atoms with E-state index < -0.39 is 11.4 Å². The van der Waals surface area contributed by atoms with Crippen LogP contribution in [0.15, 0.2) is 0 Å². The molecule has 3 heteroatoms. The monoisotopic (exact) mass is 186 g/mol. The SMILES string of the molecule is CC(C)(C[N+]1(C)CCCC1)C(=O)O. The molecule has 0 aromatic carbocycles. The number of carboxylic acids is 1. The zero-order valence-electron chi connectivity index (χ0n) is 8.84. The maximum Gasteiger partial charge on any atom is 0.314 e. The first-order chi connectivity index (χ1) is 5.86. The number of likely N-dealkylation sites (tertiary alicyclic amines) is 1. The maximum absolute atomic E-state index is 10.9. The molecule has 1 heterocycles. The van der Waals surface area contributed by atoms with Gasteiger partial charge in [-0.15, -0.1) is 0 Å². The molecule has 13 heavy (non-hydrogen) atoms. The third-order valence-electron chi connectivity index (χ3n) is 3.00. The molecule has 0 spiro atoms. The fourth-order valence-corrected chi connectivity index (χ4v) is 2.28. The van der Waals surface area contributed by atoms with Crippen molar-refractivity contribution in [3.05, 3.63) is 0 Å². The summed E-state index contributed by atoms with van der Waals surface area (Å²) in [6, 6.07) is 0. The van der Waals surface area contributed by atoms with Gasteiger partial charge in [0.2, 0.25) is 0 Å². The van der Waals surface area contributed by atoms with Crippen LogP contribution in [0, 0.1) is 5.41 Å². The lowest BCUT2D eigenvalue weighted by atomic mass is 9.92. The van der Waals surface area contributed by atoms with E-state index in [-0.39, 0.29) is 0 Å². The summed E-state index contributed by atoms with van der Waals surface area (Å²) < 4.78 is 0.930. The van der Waals surface area contributed by atoms with E-state index in [1.165, 1.54) is 12.8 Å². The van der Waals surface area contributed by atoms with Gasteiger partial charge in [0.25, 0.3) is 0 Å². The van der Waals surface area contributed by atoms with Crippen LogP contribution in [0.1, 0.15) is 26.7 Å². The van der Waals surface area contributed by atoms with Crippen molar-refractivity contribution in [3.8, 4) is 0 Å². The first kappa shape index (κ1) is 10.5. The number of rotatable bonds is 3. The van der Waals surface area contributed by atoms with Crippen LogP contribution in [0.25, 0.3) is 0 Å². The average Bonchev–Trinajstić information content (AvgIpc) is 2.34.